The molecule has 5 heteroatoms. The largest absolute Gasteiger partial charge is 0.478 e. The van der Waals surface area contributed by atoms with Crippen molar-refractivity contribution in [3.8, 4) is 17.1 Å². The topological polar surface area (TPSA) is 68.3 Å². The van der Waals surface area contributed by atoms with E-state index in [1.165, 1.54) is 6.08 Å². The molecule has 122 valence electrons. The fourth-order valence-corrected chi connectivity index (χ4v) is 2.67. The van der Waals surface area contributed by atoms with E-state index < -0.39 is 5.97 Å². The Morgan fingerprint density at radius 1 is 1.08 bits per heavy atom. The molecule has 2 aromatic heterocycles. The minimum Gasteiger partial charge on any atom is -0.478 e. The first-order valence-corrected chi connectivity index (χ1v) is 7.76. The van der Waals surface area contributed by atoms with Crippen molar-refractivity contribution >= 4 is 23.0 Å². The molecule has 0 radical (unpaired) electrons. The van der Waals surface area contributed by atoms with Crippen molar-refractivity contribution in [2.24, 2.45) is 0 Å². The Labute approximate surface area is 143 Å². The first-order chi connectivity index (χ1) is 12.2. The van der Waals surface area contributed by atoms with Crippen molar-refractivity contribution in [2.75, 3.05) is 0 Å². The summed E-state index contributed by atoms with van der Waals surface area (Å²) in [4.78, 5) is 10.9. The van der Waals surface area contributed by atoms with E-state index in [1.807, 2.05) is 60.7 Å². The van der Waals surface area contributed by atoms with Crippen molar-refractivity contribution in [3.63, 3.8) is 0 Å². The second-order valence-corrected chi connectivity index (χ2v) is 5.53. The Balaban J connectivity index is 1.87. The highest BCUT2D eigenvalue weighted by Crippen LogP contribution is 2.30. The Morgan fingerprint density at radius 3 is 2.60 bits per heavy atom. The smallest absolute Gasteiger partial charge is 0.328 e. The van der Waals surface area contributed by atoms with Gasteiger partial charge in [0, 0.05) is 23.2 Å². The zero-order valence-electron chi connectivity index (χ0n) is 13.2. The van der Waals surface area contributed by atoms with Gasteiger partial charge in [-0.1, -0.05) is 36.4 Å². The summed E-state index contributed by atoms with van der Waals surface area (Å²) in [6.45, 7) is 0. The number of carbonyl (C=O) groups is 1. The number of nitrogens with zero attached hydrogens (tertiary/aromatic N) is 2. The highest BCUT2D eigenvalue weighted by molar-refractivity contribution is 5.88. The van der Waals surface area contributed by atoms with Crippen LogP contribution in [0.15, 0.2) is 77.4 Å². The molecule has 0 saturated heterocycles. The van der Waals surface area contributed by atoms with E-state index in [0.29, 0.717) is 17.0 Å². The fraction of sp³-hybridized carbons (Fsp3) is 0. The van der Waals surface area contributed by atoms with Gasteiger partial charge in [0.1, 0.15) is 11.3 Å². The van der Waals surface area contributed by atoms with Gasteiger partial charge in [-0.25, -0.2) is 9.48 Å². The highest BCUT2D eigenvalue weighted by Gasteiger charge is 2.15. The van der Waals surface area contributed by atoms with Crippen molar-refractivity contribution in [1.82, 2.24) is 9.78 Å². The number of para-hydroxylation sites is 2. The number of carboxylic acid groups (broad SMARTS) is 1. The number of aliphatic carboxylic acids is 1. The van der Waals surface area contributed by atoms with Crippen molar-refractivity contribution in [3.05, 3.63) is 78.5 Å². The Hall–Kier alpha value is -3.60. The SMILES string of the molecule is O=C(O)/C=C/c1cn(-c2ccccc2)nc1-c1cc2ccccc2o1. The molecule has 0 spiro atoms. The van der Waals surface area contributed by atoms with Crippen molar-refractivity contribution in [2.45, 2.75) is 0 Å². The van der Waals surface area contributed by atoms with Gasteiger partial charge in [0.2, 0.25) is 0 Å². The molecule has 0 aliphatic rings. The van der Waals surface area contributed by atoms with Crippen LogP contribution in [0.4, 0.5) is 0 Å². The molecule has 0 amide bonds. The van der Waals surface area contributed by atoms with Gasteiger partial charge in [0.05, 0.1) is 5.69 Å². The van der Waals surface area contributed by atoms with E-state index in [4.69, 9.17) is 9.52 Å². The van der Waals surface area contributed by atoms with Crippen LogP contribution in [0, 0.1) is 0 Å². The molecule has 0 fully saturated rings. The molecule has 5 nitrogen and oxygen atoms in total. The summed E-state index contributed by atoms with van der Waals surface area (Å²) in [5, 5.41) is 14.5. The molecule has 4 rings (SSSR count). The molecule has 0 saturated carbocycles. The number of furan rings is 1. The summed E-state index contributed by atoms with van der Waals surface area (Å²) in [7, 11) is 0. The lowest BCUT2D eigenvalue weighted by Crippen LogP contribution is -1.93. The van der Waals surface area contributed by atoms with Gasteiger partial charge in [-0.05, 0) is 30.3 Å². The van der Waals surface area contributed by atoms with Gasteiger partial charge in [-0.15, -0.1) is 0 Å². The van der Waals surface area contributed by atoms with Gasteiger partial charge >= 0.3 is 5.97 Å². The van der Waals surface area contributed by atoms with Crippen LogP contribution in [0.2, 0.25) is 0 Å². The Bertz CT molecular complexity index is 1040. The van der Waals surface area contributed by atoms with Gasteiger partial charge in [-0.3, -0.25) is 0 Å². The van der Waals surface area contributed by atoms with Gasteiger partial charge < -0.3 is 9.52 Å². The number of rotatable bonds is 4. The maximum Gasteiger partial charge on any atom is 0.328 e. The molecule has 1 N–H and O–H groups in total. The standard InChI is InChI=1S/C20H14N2O3/c23-19(24)11-10-15-13-22(16-7-2-1-3-8-16)21-20(15)18-12-14-6-4-5-9-17(14)25-18/h1-13H,(H,23,24)/b11-10+. The van der Waals surface area contributed by atoms with Crippen LogP contribution in [0.1, 0.15) is 5.56 Å². The van der Waals surface area contributed by atoms with Gasteiger partial charge in [0.15, 0.2) is 5.76 Å². The molecule has 2 aromatic carbocycles. The molecule has 0 bridgehead atoms. The predicted octanol–water partition coefficient (Wildman–Crippen LogP) is 4.38. The predicted molar refractivity (Wildman–Crippen MR) is 95.4 cm³/mol. The third-order valence-corrected chi connectivity index (χ3v) is 3.83. The van der Waals surface area contributed by atoms with Crippen LogP contribution < -0.4 is 0 Å². The third-order valence-electron chi connectivity index (χ3n) is 3.83. The molecule has 0 aliphatic carbocycles. The monoisotopic (exact) mass is 330 g/mol. The summed E-state index contributed by atoms with van der Waals surface area (Å²) >= 11 is 0. The molecule has 25 heavy (non-hydrogen) atoms. The Morgan fingerprint density at radius 2 is 1.84 bits per heavy atom. The minimum atomic E-state index is -1.01. The lowest BCUT2D eigenvalue weighted by Gasteiger charge is -1.98. The van der Waals surface area contributed by atoms with Crippen LogP contribution in [-0.4, -0.2) is 20.9 Å². The van der Waals surface area contributed by atoms with E-state index in [2.05, 4.69) is 5.10 Å². The van der Waals surface area contributed by atoms with Crippen LogP contribution in [0.25, 0.3) is 34.2 Å². The molecule has 0 atom stereocenters. The normalized spacial score (nSPS) is 11.4. The summed E-state index contributed by atoms with van der Waals surface area (Å²) in [5.41, 5.74) is 2.91. The molecule has 4 aromatic rings. The summed E-state index contributed by atoms with van der Waals surface area (Å²) in [5.74, 6) is -0.413. The zero-order valence-corrected chi connectivity index (χ0v) is 13.2. The first kappa shape index (κ1) is 15.0. The average molecular weight is 330 g/mol. The number of hydrogen-bond donors (Lipinski definition) is 1. The van der Waals surface area contributed by atoms with E-state index in [-0.39, 0.29) is 0 Å². The zero-order chi connectivity index (χ0) is 17.2. The van der Waals surface area contributed by atoms with Crippen LogP contribution in [0.3, 0.4) is 0 Å². The first-order valence-electron chi connectivity index (χ1n) is 7.76. The maximum absolute atomic E-state index is 10.9. The third kappa shape index (κ3) is 2.95. The molecule has 0 unspecified atom stereocenters. The van der Waals surface area contributed by atoms with E-state index in [1.54, 1.807) is 10.9 Å². The van der Waals surface area contributed by atoms with E-state index >= 15 is 0 Å². The summed E-state index contributed by atoms with van der Waals surface area (Å²) in [6, 6.07) is 19.2. The minimum absolute atomic E-state index is 0.595. The van der Waals surface area contributed by atoms with E-state index in [9.17, 15) is 4.79 Å². The number of aromatic nitrogens is 2. The molecule has 0 aliphatic heterocycles. The van der Waals surface area contributed by atoms with E-state index in [0.717, 1.165) is 22.7 Å². The fourth-order valence-electron chi connectivity index (χ4n) is 2.67. The molecule has 2 heterocycles. The number of carboxylic acids is 1. The average Bonchev–Trinajstić information content (AvgIpc) is 3.24. The lowest BCUT2D eigenvalue weighted by molar-refractivity contribution is -0.131. The van der Waals surface area contributed by atoms with Gasteiger partial charge in [-0.2, -0.15) is 5.10 Å². The summed E-state index contributed by atoms with van der Waals surface area (Å²) < 4.78 is 7.61. The summed E-state index contributed by atoms with van der Waals surface area (Å²) in [6.07, 6.45) is 4.41. The quantitative estimate of drug-likeness (QED) is 0.564. The highest BCUT2D eigenvalue weighted by atomic mass is 16.4. The van der Waals surface area contributed by atoms with Gasteiger partial charge in [0.25, 0.3) is 0 Å². The van der Waals surface area contributed by atoms with Crippen LogP contribution in [0.5, 0.6) is 0 Å². The van der Waals surface area contributed by atoms with Crippen molar-refractivity contribution < 1.29 is 14.3 Å². The molecular weight excluding hydrogens is 316 g/mol. The van der Waals surface area contributed by atoms with Crippen LogP contribution >= 0.6 is 0 Å². The van der Waals surface area contributed by atoms with Crippen molar-refractivity contribution in [1.29, 1.82) is 0 Å². The number of hydrogen-bond acceptors (Lipinski definition) is 3. The van der Waals surface area contributed by atoms with Crippen LogP contribution in [-0.2, 0) is 4.79 Å². The second-order valence-electron chi connectivity index (χ2n) is 5.53. The Kier molecular flexibility index (Phi) is 3.67. The number of benzene rings is 2. The maximum atomic E-state index is 10.9. The second kappa shape index (κ2) is 6.13. The lowest BCUT2D eigenvalue weighted by atomic mass is 10.2. The molecular formula is C20H14N2O3. The number of fused-ring (bicyclic) bond motifs is 1.